The number of halogens is 2. The monoisotopic (exact) mass is 520 g/mol. The van der Waals surface area contributed by atoms with Gasteiger partial charge in [-0.2, -0.15) is 0 Å². The van der Waals surface area contributed by atoms with E-state index in [-0.39, 0.29) is 23.5 Å². The number of aromatic nitrogens is 1. The fraction of sp³-hybridized carbons (Fsp3) is 0.0769. The highest BCUT2D eigenvalue weighted by Crippen LogP contribution is 2.35. The minimum Gasteiger partial charge on any atom is -0.342 e. The molecule has 0 atom stereocenters. The zero-order valence-electron chi connectivity index (χ0n) is 17.4. The van der Waals surface area contributed by atoms with Gasteiger partial charge in [0.05, 0.1) is 11.4 Å². The first kappa shape index (κ1) is 21.7. The van der Waals surface area contributed by atoms with Crippen LogP contribution in [0.25, 0.3) is 17.0 Å². The molecule has 1 saturated heterocycles. The smallest absolute Gasteiger partial charge is 0.293 e. The molecule has 1 aromatic heterocycles. The fourth-order valence-electron chi connectivity index (χ4n) is 3.86. The Morgan fingerprint density at radius 3 is 2.30 bits per heavy atom. The van der Waals surface area contributed by atoms with Crippen molar-refractivity contribution in [1.82, 2.24) is 9.47 Å². The summed E-state index contributed by atoms with van der Waals surface area (Å²) in [5.41, 5.74) is 3.79. The lowest BCUT2D eigenvalue weighted by Gasteiger charge is -2.12. The van der Waals surface area contributed by atoms with Crippen LogP contribution in [-0.2, 0) is 17.9 Å². The van der Waals surface area contributed by atoms with Crippen LogP contribution in [-0.4, -0.2) is 20.6 Å². The van der Waals surface area contributed by atoms with Gasteiger partial charge in [0.1, 0.15) is 5.82 Å². The summed E-state index contributed by atoms with van der Waals surface area (Å²) in [6, 6.07) is 22.0. The van der Waals surface area contributed by atoms with E-state index in [9.17, 15) is 14.0 Å². The van der Waals surface area contributed by atoms with Gasteiger partial charge in [-0.1, -0.05) is 58.4 Å². The van der Waals surface area contributed by atoms with Crippen LogP contribution in [0.3, 0.4) is 0 Å². The Hall–Kier alpha value is -3.16. The Balaban J connectivity index is 1.45. The summed E-state index contributed by atoms with van der Waals surface area (Å²) < 4.78 is 16.4. The predicted octanol–water partition coefficient (Wildman–Crippen LogP) is 6.83. The molecule has 4 nitrogen and oxygen atoms in total. The minimum atomic E-state index is -0.354. The maximum Gasteiger partial charge on any atom is 0.293 e. The molecule has 0 saturated carbocycles. The molecular weight excluding hydrogens is 503 g/mol. The average molecular weight is 521 g/mol. The third kappa shape index (κ3) is 4.51. The van der Waals surface area contributed by atoms with Crippen molar-refractivity contribution in [2.75, 3.05) is 0 Å². The molecule has 2 amide bonds. The van der Waals surface area contributed by atoms with Crippen LogP contribution >= 0.6 is 27.7 Å². The third-order valence-corrected chi connectivity index (χ3v) is 6.94. The van der Waals surface area contributed by atoms with E-state index in [0.717, 1.165) is 38.3 Å². The number of hydrogen-bond donors (Lipinski definition) is 0. The topological polar surface area (TPSA) is 42.3 Å². The second-order valence-electron chi connectivity index (χ2n) is 7.75. The number of rotatable bonds is 5. The Labute approximate surface area is 202 Å². The molecule has 0 bridgehead atoms. The molecule has 3 aromatic carbocycles. The molecule has 0 N–H and O–H groups in total. The standard InChI is InChI=1S/C26H18BrFN2O2S/c27-20-9-5-17(6-10-20)14-29-16-19(22-3-1-2-4-23(22)29)13-24-25(31)30(26(32)33-24)15-18-7-11-21(28)12-8-18/h1-13,16H,14-15H2/b24-13-. The van der Waals surface area contributed by atoms with Crippen LogP contribution in [0.2, 0.25) is 0 Å². The Kier molecular flexibility index (Phi) is 5.91. The normalized spacial score (nSPS) is 15.2. The van der Waals surface area contributed by atoms with Gasteiger partial charge >= 0.3 is 0 Å². The van der Waals surface area contributed by atoms with E-state index < -0.39 is 0 Å². The van der Waals surface area contributed by atoms with Crippen molar-refractivity contribution in [1.29, 1.82) is 0 Å². The molecule has 0 unspecified atom stereocenters. The van der Waals surface area contributed by atoms with Crippen molar-refractivity contribution in [2.45, 2.75) is 13.1 Å². The fourth-order valence-corrected chi connectivity index (χ4v) is 4.95. The summed E-state index contributed by atoms with van der Waals surface area (Å²) in [6.45, 7) is 0.807. The van der Waals surface area contributed by atoms with Crippen molar-refractivity contribution in [3.63, 3.8) is 0 Å². The highest BCUT2D eigenvalue weighted by molar-refractivity contribution is 9.10. The van der Waals surface area contributed by atoms with Gasteiger partial charge in [0, 0.05) is 33.7 Å². The highest BCUT2D eigenvalue weighted by Gasteiger charge is 2.35. The van der Waals surface area contributed by atoms with Crippen LogP contribution in [0, 0.1) is 5.82 Å². The molecule has 5 rings (SSSR count). The van der Waals surface area contributed by atoms with Crippen molar-refractivity contribution in [3.8, 4) is 0 Å². The summed E-state index contributed by atoms with van der Waals surface area (Å²) >= 11 is 4.40. The zero-order chi connectivity index (χ0) is 22.9. The number of carbonyl (C=O) groups excluding carboxylic acids is 2. The average Bonchev–Trinajstić information content (AvgIpc) is 3.29. The summed E-state index contributed by atoms with van der Waals surface area (Å²) in [6.07, 6.45) is 3.80. The largest absolute Gasteiger partial charge is 0.342 e. The van der Waals surface area contributed by atoms with E-state index in [1.54, 1.807) is 18.2 Å². The summed E-state index contributed by atoms with van der Waals surface area (Å²) in [5.74, 6) is -0.689. The van der Waals surface area contributed by atoms with E-state index in [0.29, 0.717) is 17.0 Å². The summed E-state index contributed by atoms with van der Waals surface area (Å²) in [4.78, 5) is 27.1. The molecule has 2 heterocycles. The second kappa shape index (κ2) is 9.00. The lowest BCUT2D eigenvalue weighted by Crippen LogP contribution is -2.27. The highest BCUT2D eigenvalue weighted by atomic mass is 79.9. The van der Waals surface area contributed by atoms with Gasteiger partial charge in [0.2, 0.25) is 0 Å². The van der Waals surface area contributed by atoms with Gasteiger partial charge in [-0.15, -0.1) is 0 Å². The van der Waals surface area contributed by atoms with Crippen LogP contribution in [0.15, 0.2) is 88.4 Å². The van der Waals surface area contributed by atoms with E-state index >= 15 is 0 Å². The summed E-state index contributed by atoms with van der Waals surface area (Å²) in [5, 5.41) is 0.689. The van der Waals surface area contributed by atoms with Gasteiger partial charge in [-0.25, -0.2) is 4.39 Å². The first-order chi connectivity index (χ1) is 16.0. The van der Waals surface area contributed by atoms with E-state index in [1.165, 1.54) is 17.0 Å². The van der Waals surface area contributed by atoms with Gasteiger partial charge < -0.3 is 4.57 Å². The van der Waals surface area contributed by atoms with Gasteiger partial charge in [-0.05, 0) is 59.3 Å². The number of thioether (sulfide) groups is 1. The number of benzene rings is 3. The maximum absolute atomic E-state index is 13.2. The summed E-state index contributed by atoms with van der Waals surface area (Å²) in [7, 11) is 0. The third-order valence-electron chi connectivity index (χ3n) is 5.50. The Morgan fingerprint density at radius 2 is 1.55 bits per heavy atom. The molecule has 1 aliphatic heterocycles. The van der Waals surface area contributed by atoms with Crippen LogP contribution in [0.4, 0.5) is 9.18 Å². The molecule has 0 spiro atoms. The molecule has 1 fully saturated rings. The second-order valence-corrected chi connectivity index (χ2v) is 9.66. The van der Waals surface area contributed by atoms with Crippen molar-refractivity contribution >= 4 is 55.8 Å². The Morgan fingerprint density at radius 1 is 0.879 bits per heavy atom. The first-order valence-electron chi connectivity index (χ1n) is 10.3. The quantitative estimate of drug-likeness (QED) is 0.271. The SMILES string of the molecule is O=C1S/C(=C\c2cn(Cc3ccc(Br)cc3)c3ccccc23)C(=O)N1Cc1ccc(F)cc1. The number of carbonyl (C=O) groups is 2. The van der Waals surface area contributed by atoms with Crippen LogP contribution in [0.1, 0.15) is 16.7 Å². The number of nitrogens with zero attached hydrogens (tertiary/aromatic N) is 2. The van der Waals surface area contributed by atoms with Gasteiger partial charge in [0.15, 0.2) is 0 Å². The number of amides is 2. The lowest BCUT2D eigenvalue weighted by atomic mass is 10.1. The van der Waals surface area contributed by atoms with E-state index in [1.807, 2.05) is 42.6 Å². The molecule has 1 aliphatic rings. The number of imide groups is 1. The molecule has 4 aromatic rings. The Bertz CT molecular complexity index is 1390. The molecule has 164 valence electrons. The minimum absolute atomic E-state index is 0.119. The van der Waals surface area contributed by atoms with Crippen molar-refractivity contribution in [2.24, 2.45) is 0 Å². The number of para-hydroxylation sites is 1. The first-order valence-corrected chi connectivity index (χ1v) is 11.9. The van der Waals surface area contributed by atoms with Gasteiger partial charge in [-0.3, -0.25) is 14.5 Å². The molecule has 0 aliphatic carbocycles. The van der Waals surface area contributed by atoms with Gasteiger partial charge in [0.25, 0.3) is 11.1 Å². The molecule has 7 heteroatoms. The number of fused-ring (bicyclic) bond motifs is 1. The molecule has 33 heavy (non-hydrogen) atoms. The van der Waals surface area contributed by atoms with Crippen LogP contribution in [0.5, 0.6) is 0 Å². The molecule has 0 radical (unpaired) electrons. The van der Waals surface area contributed by atoms with Crippen molar-refractivity contribution in [3.05, 3.63) is 111 Å². The van der Waals surface area contributed by atoms with E-state index in [4.69, 9.17) is 0 Å². The van der Waals surface area contributed by atoms with E-state index in [2.05, 4.69) is 32.6 Å². The lowest BCUT2D eigenvalue weighted by molar-refractivity contribution is -0.123. The predicted molar refractivity (Wildman–Crippen MR) is 133 cm³/mol. The van der Waals surface area contributed by atoms with Crippen LogP contribution < -0.4 is 0 Å². The zero-order valence-corrected chi connectivity index (χ0v) is 19.8. The maximum atomic E-state index is 13.2. The number of hydrogen-bond acceptors (Lipinski definition) is 3. The molecular formula is C26H18BrFN2O2S. The van der Waals surface area contributed by atoms with Crippen molar-refractivity contribution < 1.29 is 14.0 Å².